The number of hydrogen-bond donors (Lipinski definition) is 1. The number of aromatic nitrogens is 2. The van der Waals surface area contributed by atoms with Gasteiger partial charge in [-0.05, 0) is 61.9 Å². The van der Waals surface area contributed by atoms with E-state index < -0.39 is 9.84 Å². The van der Waals surface area contributed by atoms with E-state index in [0.29, 0.717) is 30.8 Å². The molecular formula is C24H24FN3O3S. The fourth-order valence-electron chi connectivity index (χ4n) is 4.77. The molecule has 1 fully saturated rings. The fraction of sp³-hybridized carbons (Fsp3) is 0.292. The second-order valence-corrected chi connectivity index (χ2v) is 10.2. The Morgan fingerprint density at radius 2 is 1.91 bits per heavy atom. The van der Waals surface area contributed by atoms with Gasteiger partial charge in [0.05, 0.1) is 22.9 Å². The lowest BCUT2D eigenvalue weighted by atomic mass is 9.69. The number of benzene rings is 2. The van der Waals surface area contributed by atoms with E-state index in [0.717, 1.165) is 18.7 Å². The summed E-state index contributed by atoms with van der Waals surface area (Å²) in [4.78, 5) is 0.198. The van der Waals surface area contributed by atoms with Crippen LogP contribution in [0, 0.1) is 11.2 Å². The third-order valence-electron chi connectivity index (χ3n) is 6.33. The molecule has 0 radical (unpaired) electrons. The number of piperidine rings is 1. The van der Waals surface area contributed by atoms with Crippen molar-refractivity contribution < 1.29 is 17.5 Å². The zero-order valence-corrected chi connectivity index (χ0v) is 18.5. The minimum atomic E-state index is -3.85. The lowest BCUT2D eigenvalue weighted by Gasteiger charge is -2.42. The van der Waals surface area contributed by atoms with Gasteiger partial charge in [-0.2, -0.15) is 5.10 Å². The molecule has 1 aromatic heterocycles. The summed E-state index contributed by atoms with van der Waals surface area (Å²) in [6.45, 7) is 2.04. The molecule has 1 saturated heterocycles. The third-order valence-corrected chi connectivity index (χ3v) is 8.06. The number of sulfone groups is 1. The summed E-state index contributed by atoms with van der Waals surface area (Å²) in [5, 5.41) is 8.07. The topological polar surface area (TPSA) is 73.2 Å². The second-order valence-electron chi connectivity index (χ2n) is 8.36. The van der Waals surface area contributed by atoms with Crippen molar-refractivity contribution in [1.29, 1.82) is 0 Å². The maximum atomic E-state index is 13.6. The first-order valence-electron chi connectivity index (χ1n) is 10.5. The Morgan fingerprint density at radius 3 is 2.62 bits per heavy atom. The Hall–Kier alpha value is -2.81. The Labute approximate surface area is 186 Å². The molecular weight excluding hydrogens is 429 g/mol. The van der Waals surface area contributed by atoms with Gasteiger partial charge in [0, 0.05) is 24.6 Å². The van der Waals surface area contributed by atoms with Gasteiger partial charge >= 0.3 is 0 Å². The number of nitrogens with one attached hydrogen (secondary N) is 1. The van der Waals surface area contributed by atoms with Crippen LogP contribution in [0.2, 0.25) is 0 Å². The first-order valence-corrected chi connectivity index (χ1v) is 12.0. The van der Waals surface area contributed by atoms with Crippen molar-refractivity contribution in [2.24, 2.45) is 5.41 Å². The average molecular weight is 454 g/mol. The fourth-order valence-corrected chi connectivity index (χ4v) is 6.20. The molecule has 166 valence electrons. The molecule has 1 N–H and O–H groups in total. The molecule has 1 unspecified atom stereocenters. The predicted molar refractivity (Wildman–Crippen MR) is 119 cm³/mol. The van der Waals surface area contributed by atoms with Gasteiger partial charge in [0.1, 0.15) is 5.82 Å². The zero-order valence-electron chi connectivity index (χ0n) is 17.7. The highest BCUT2D eigenvalue weighted by Crippen LogP contribution is 2.45. The van der Waals surface area contributed by atoms with Crippen LogP contribution < -0.4 is 5.32 Å². The van der Waals surface area contributed by atoms with Crippen LogP contribution in [-0.2, 0) is 21.0 Å². The van der Waals surface area contributed by atoms with E-state index in [4.69, 9.17) is 4.74 Å². The van der Waals surface area contributed by atoms with Crippen LogP contribution in [0.25, 0.3) is 11.8 Å². The summed E-state index contributed by atoms with van der Waals surface area (Å²) in [5.41, 5.74) is 2.91. The van der Waals surface area contributed by atoms with Gasteiger partial charge in [0.15, 0.2) is 5.03 Å². The summed E-state index contributed by atoms with van der Waals surface area (Å²) in [6, 6.07) is 14.3. The quantitative estimate of drug-likeness (QED) is 0.641. The molecule has 8 heteroatoms. The monoisotopic (exact) mass is 453 g/mol. The molecule has 2 aliphatic rings. The van der Waals surface area contributed by atoms with Crippen molar-refractivity contribution in [2.75, 3.05) is 26.8 Å². The largest absolute Gasteiger partial charge is 0.384 e. The molecule has 6 nitrogen and oxygen atoms in total. The normalized spacial score (nSPS) is 20.4. The molecule has 32 heavy (non-hydrogen) atoms. The molecule has 5 rings (SSSR count). The first-order chi connectivity index (χ1) is 15.4. The molecule has 0 saturated carbocycles. The molecule has 1 atom stereocenters. The minimum Gasteiger partial charge on any atom is -0.384 e. The van der Waals surface area contributed by atoms with Crippen LogP contribution in [0.4, 0.5) is 4.39 Å². The van der Waals surface area contributed by atoms with Crippen LogP contribution in [-0.4, -0.2) is 45.0 Å². The maximum Gasteiger partial charge on any atom is 0.225 e. The minimum absolute atomic E-state index is 0.0411. The lowest BCUT2D eigenvalue weighted by Crippen LogP contribution is -2.47. The Morgan fingerprint density at radius 1 is 1.16 bits per heavy atom. The van der Waals surface area contributed by atoms with E-state index in [2.05, 4.69) is 16.5 Å². The van der Waals surface area contributed by atoms with Crippen molar-refractivity contribution in [1.82, 2.24) is 15.1 Å². The van der Waals surface area contributed by atoms with E-state index in [1.54, 1.807) is 54.3 Å². The Kier molecular flexibility index (Phi) is 5.23. The predicted octanol–water partition coefficient (Wildman–Crippen LogP) is 3.41. The van der Waals surface area contributed by atoms with Crippen LogP contribution in [0.15, 0.2) is 70.1 Å². The van der Waals surface area contributed by atoms with Crippen molar-refractivity contribution in [3.05, 3.63) is 77.2 Å². The van der Waals surface area contributed by atoms with Gasteiger partial charge in [0.2, 0.25) is 9.84 Å². The van der Waals surface area contributed by atoms with E-state index in [9.17, 15) is 12.8 Å². The van der Waals surface area contributed by atoms with Crippen molar-refractivity contribution in [3.8, 4) is 5.69 Å². The van der Waals surface area contributed by atoms with Crippen molar-refractivity contribution in [2.45, 2.75) is 22.8 Å². The highest BCUT2D eigenvalue weighted by molar-refractivity contribution is 7.91. The lowest BCUT2D eigenvalue weighted by molar-refractivity contribution is 0.0923. The van der Waals surface area contributed by atoms with E-state index in [1.807, 2.05) is 0 Å². The zero-order chi connectivity index (χ0) is 22.3. The molecule has 0 amide bonds. The van der Waals surface area contributed by atoms with E-state index in [1.165, 1.54) is 17.7 Å². The van der Waals surface area contributed by atoms with Crippen LogP contribution in [0.1, 0.15) is 17.7 Å². The van der Waals surface area contributed by atoms with Crippen LogP contribution >= 0.6 is 0 Å². The molecule has 1 aliphatic heterocycles. The SMILES string of the molecule is COCC12CNCCC1=Cc1c(c(S(=O)(=O)c3ccccc3)nn1-c1ccc(F)cc1)C2. The summed E-state index contributed by atoms with van der Waals surface area (Å²) >= 11 is 0. The smallest absolute Gasteiger partial charge is 0.225 e. The molecule has 3 aromatic rings. The second kappa shape index (κ2) is 7.95. The molecule has 2 heterocycles. The van der Waals surface area contributed by atoms with Gasteiger partial charge in [-0.15, -0.1) is 0 Å². The third kappa shape index (κ3) is 3.39. The number of hydrogen-bond acceptors (Lipinski definition) is 5. The van der Waals surface area contributed by atoms with Crippen LogP contribution in [0.5, 0.6) is 0 Å². The van der Waals surface area contributed by atoms with Gasteiger partial charge in [-0.3, -0.25) is 0 Å². The van der Waals surface area contributed by atoms with Crippen molar-refractivity contribution >= 4 is 15.9 Å². The van der Waals surface area contributed by atoms with Gasteiger partial charge in [-0.1, -0.05) is 23.8 Å². The number of halogens is 1. The number of rotatable bonds is 5. The summed E-state index contributed by atoms with van der Waals surface area (Å²) < 4.78 is 48.0. The first kappa shape index (κ1) is 21.1. The van der Waals surface area contributed by atoms with Gasteiger partial charge in [0.25, 0.3) is 0 Å². The molecule has 0 bridgehead atoms. The van der Waals surface area contributed by atoms with E-state index in [-0.39, 0.29) is 21.2 Å². The number of methoxy groups -OCH3 is 1. The standard InChI is InChI=1S/C24H24FN3O3S/c1-31-16-24-14-21-22(13-17(24)11-12-26-15-24)28(19-9-7-18(25)8-10-19)27-23(21)32(29,30)20-5-3-2-4-6-20/h2-10,13,26H,11-12,14-16H2,1H3. The average Bonchev–Trinajstić information content (AvgIpc) is 3.17. The number of nitrogens with zero attached hydrogens (tertiary/aromatic N) is 2. The highest BCUT2D eigenvalue weighted by Gasteiger charge is 2.43. The summed E-state index contributed by atoms with van der Waals surface area (Å²) in [6.07, 6.45) is 3.40. The molecule has 2 aromatic carbocycles. The van der Waals surface area contributed by atoms with Gasteiger partial charge in [-0.25, -0.2) is 17.5 Å². The highest BCUT2D eigenvalue weighted by atomic mass is 32.2. The summed E-state index contributed by atoms with van der Waals surface area (Å²) in [7, 11) is -2.19. The van der Waals surface area contributed by atoms with Gasteiger partial charge < -0.3 is 10.1 Å². The molecule has 0 spiro atoms. The van der Waals surface area contributed by atoms with E-state index >= 15 is 0 Å². The van der Waals surface area contributed by atoms with Crippen LogP contribution in [0.3, 0.4) is 0 Å². The number of fused-ring (bicyclic) bond motifs is 2. The van der Waals surface area contributed by atoms with Crippen molar-refractivity contribution in [3.63, 3.8) is 0 Å². The summed E-state index contributed by atoms with van der Waals surface area (Å²) in [5.74, 6) is -0.359. The Balaban J connectivity index is 1.75. The Bertz CT molecular complexity index is 1280. The number of ether oxygens (including phenoxy) is 1. The molecule has 1 aliphatic carbocycles. The maximum absolute atomic E-state index is 13.6.